The third-order valence-electron chi connectivity index (χ3n) is 4.03. The Labute approximate surface area is 108 Å². The summed E-state index contributed by atoms with van der Waals surface area (Å²) in [6.07, 6.45) is 4.71. The van der Waals surface area contributed by atoms with E-state index in [1.54, 1.807) is 11.3 Å². The summed E-state index contributed by atoms with van der Waals surface area (Å²) >= 11 is 1.80. The zero-order chi connectivity index (χ0) is 12.5. The number of aryl methyl sites for hydroxylation is 1. The van der Waals surface area contributed by atoms with Crippen molar-refractivity contribution in [1.82, 2.24) is 0 Å². The smallest absolute Gasteiger partial charge is 0.0880 e. The molecule has 2 nitrogen and oxygen atoms in total. The average Bonchev–Trinajstić information content (AvgIpc) is 2.74. The fraction of sp³-hybridized carbons (Fsp3) is 0.714. The standard InChI is InChI=1S/C14H23NOS/c1-10-5-4-8-14(9-10,16-3)13(15)12-7-6-11(2)17-12/h6-7,10,13H,4-5,8-9,15H2,1-3H3. The van der Waals surface area contributed by atoms with E-state index in [1.165, 1.54) is 22.6 Å². The van der Waals surface area contributed by atoms with E-state index in [2.05, 4.69) is 26.0 Å². The Bertz CT molecular complexity index is 376. The van der Waals surface area contributed by atoms with Crippen LogP contribution in [0, 0.1) is 12.8 Å². The molecule has 96 valence electrons. The van der Waals surface area contributed by atoms with Crippen molar-refractivity contribution in [2.75, 3.05) is 7.11 Å². The highest BCUT2D eigenvalue weighted by molar-refractivity contribution is 7.12. The lowest BCUT2D eigenvalue weighted by molar-refractivity contribution is -0.0711. The van der Waals surface area contributed by atoms with Crippen molar-refractivity contribution >= 4 is 11.3 Å². The summed E-state index contributed by atoms with van der Waals surface area (Å²) in [7, 11) is 1.82. The van der Waals surface area contributed by atoms with Gasteiger partial charge >= 0.3 is 0 Å². The predicted molar refractivity (Wildman–Crippen MR) is 73.4 cm³/mol. The van der Waals surface area contributed by atoms with Crippen molar-refractivity contribution in [3.05, 3.63) is 21.9 Å². The van der Waals surface area contributed by atoms with Crippen molar-refractivity contribution in [2.45, 2.75) is 51.2 Å². The van der Waals surface area contributed by atoms with E-state index in [0.717, 1.165) is 18.8 Å². The van der Waals surface area contributed by atoms with Crippen LogP contribution in [0.3, 0.4) is 0 Å². The Morgan fingerprint density at radius 3 is 2.82 bits per heavy atom. The van der Waals surface area contributed by atoms with Gasteiger partial charge in [-0.1, -0.05) is 19.8 Å². The first-order valence-electron chi connectivity index (χ1n) is 6.44. The van der Waals surface area contributed by atoms with Gasteiger partial charge in [-0.05, 0) is 37.8 Å². The largest absolute Gasteiger partial charge is 0.376 e. The lowest BCUT2D eigenvalue weighted by Crippen LogP contribution is -2.46. The highest BCUT2D eigenvalue weighted by atomic mass is 32.1. The SMILES string of the molecule is COC1(C(N)c2ccc(C)s2)CCCC(C)C1. The zero-order valence-electron chi connectivity index (χ0n) is 11.0. The lowest BCUT2D eigenvalue weighted by Gasteiger charge is -2.42. The molecule has 0 spiro atoms. The van der Waals surface area contributed by atoms with Crippen LogP contribution in [0.1, 0.15) is 48.4 Å². The predicted octanol–water partition coefficient (Wildman–Crippen LogP) is 3.65. The first-order valence-corrected chi connectivity index (χ1v) is 7.26. The molecular weight excluding hydrogens is 230 g/mol. The molecule has 1 aromatic rings. The minimum Gasteiger partial charge on any atom is -0.376 e. The van der Waals surface area contributed by atoms with E-state index >= 15 is 0 Å². The minimum absolute atomic E-state index is 0.0222. The fourth-order valence-electron chi connectivity index (χ4n) is 3.02. The van der Waals surface area contributed by atoms with Gasteiger partial charge in [-0.25, -0.2) is 0 Å². The highest BCUT2D eigenvalue weighted by Gasteiger charge is 2.41. The molecule has 17 heavy (non-hydrogen) atoms. The summed E-state index contributed by atoms with van der Waals surface area (Å²) in [6.45, 7) is 4.43. The Balaban J connectivity index is 2.22. The van der Waals surface area contributed by atoms with E-state index in [1.807, 2.05) is 7.11 Å². The molecule has 2 N–H and O–H groups in total. The van der Waals surface area contributed by atoms with Gasteiger partial charge in [0.2, 0.25) is 0 Å². The van der Waals surface area contributed by atoms with Crippen molar-refractivity contribution < 1.29 is 4.74 Å². The highest BCUT2D eigenvalue weighted by Crippen LogP contribution is 2.43. The molecule has 0 aromatic carbocycles. The van der Waals surface area contributed by atoms with Gasteiger partial charge in [-0.3, -0.25) is 0 Å². The van der Waals surface area contributed by atoms with Crippen molar-refractivity contribution in [3.8, 4) is 0 Å². The van der Waals surface area contributed by atoms with Crippen LogP contribution in [0.5, 0.6) is 0 Å². The maximum atomic E-state index is 6.48. The second kappa shape index (κ2) is 5.09. The molecule has 0 aliphatic heterocycles. The number of methoxy groups -OCH3 is 1. The molecule has 0 radical (unpaired) electrons. The summed E-state index contributed by atoms with van der Waals surface area (Å²) < 4.78 is 5.86. The molecule has 0 saturated heterocycles. The molecule has 3 heteroatoms. The molecule has 3 unspecified atom stereocenters. The van der Waals surface area contributed by atoms with Crippen molar-refractivity contribution in [3.63, 3.8) is 0 Å². The van der Waals surface area contributed by atoms with Crippen molar-refractivity contribution in [1.29, 1.82) is 0 Å². The molecule has 0 amide bonds. The van der Waals surface area contributed by atoms with Crippen LogP contribution in [0.25, 0.3) is 0 Å². The van der Waals surface area contributed by atoms with Gasteiger partial charge in [0.1, 0.15) is 0 Å². The van der Waals surface area contributed by atoms with Crippen LogP contribution in [0.2, 0.25) is 0 Å². The third kappa shape index (κ3) is 2.56. The van der Waals surface area contributed by atoms with Crippen LogP contribution in [-0.4, -0.2) is 12.7 Å². The molecule has 1 saturated carbocycles. The summed E-state index contributed by atoms with van der Waals surface area (Å²) in [6, 6.07) is 4.33. The Morgan fingerprint density at radius 2 is 2.29 bits per heavy atom. The molecule has 1 aliphatic carbocycles. The first kappa shape index (κ1) is 13.1. The van der Waals surface area contributed by atoms with Gasteiger partial charge < -0.3 is 10.5 Å². The van der Waals surface area contributed by atoms with E-state index in [9.17, 15) is 0 Å². The fourth-order valence-corrected chi connectivity index (χ4v) is 4.00. The third-order valence-corrected chi connectivity index (χ3v) is 5.12. The number of thiophene rings is 1. The number of nitrogens with two attached hydrogens (primary N) is 1. The summed E-state index contributed by atoms with van der Waals surface area (Å²) in [5.74, 6) is 0.718. The first-order chi connectivity index (χ1) is 8.07. The minimum atomic E-state index is -0.144. The van der Waals surface area contributed by atoms with E-state index in [0.29, 0.717) is 0 Å². The van der Waals surface area contributed by atoms with Gasteiger partial charge in [0.15, 0.2) is 0 Å². The van der Waals surface area contributed by atoms with Gasteiger partial charge in [0.25, 0.3) is 0 Å². The summed E-state index contributed by atoms with van der Waals surface area (Å²) in [5.41, 5.74) is 6.33. The quantitative estimate of drug-likeness (QED) is 0.892. The molecule has 0 bridgehead atoms. The Kier molecular flexibility index (Phi) is 3.91. The van der Waals surface area contributed by atoms with Crippen LogP contribution < -0.4 is 5.73 Å². The van der Waals surface area contributed by atoms with Gasteiger partial charge in [-0.15, -0.1) is 11.3 Å². The average molecular weight is 253 g/mol. The molecule has 1 aromatic heterocycles. The van der Waals surface area contributed by atoms with Crippen LogP contribution in [0.15, 0.2) is 12.1 Å². The van der Waals surface area contributed by atoms with Gasteiger partial charge in [0, 0.05) is 16.9 Å². The van der Waals surface area contributed by atoms with E-state index in [-0.39, 0.29) is 11.6 Å². The van der Waals surface area contributed by atoms with Gasteiger partial charge in [0.05, 0.1) is 11.6 Å². The molecule has 1 heterocycles. The molecule has 2 rings (SSSR count). The second-order valence-corrected chi connectivity index (χ2v) is 6.72. The van der Waals surface area contributed by atoms with Gasteiger partial charge in [-0.2, -0.15) is 0 Å². The van der Waals surface area contributed by atoms with Crippen LogP contribution in [0.4, 0.5) is 0 Å². The monoisotopic (exact) mass is 253 g/mol. The van der Waals surface area contributed by atoms with E-state index in [4.69, 9.17) is 10.5 Å². The number of hydrogen-bond donors (Lipinski definition) is 1. The topological polar surface area (TPSA) is 35.2 Å². The van der Waals surface area contributed by atoms with Crippen LogP contribution in [-0.2, 0) is 4.74 Å². The Hall–Kier alpha value is -0.380. The Morgan fingerprint density at radius 1 is 1.53 bits per heavy atom. The number of ether oxygens (including phenoxy) is 1. The molecule has 1 aliphatic rings. The maximum absolute atomic E-state index is 6.48. The van der Waals surface area contributed by atoms with Crippen molar-refractivity contribution in [2.24, 2.45) is 11.7 Å². The molecule has 3 atom stereocenters. The lowest BCUT2D eigenvalue weighted by atomic mass is 9.74. The van der Waals surface area contributed by atoms with Crippen LogP contribution >= 0.6 is 11.3 Å². The van der Waals surface area contributed by atoms with E-state index < -0.39 is 0 Å². The summed E-state index contributed by atoms with van der Waals surface area (Å²) in [5, 5.41) is 0. The summed E-state index contributed by atoms with van der Waals surface area (Å²) in [4.78, 5) is 2.59. The molecular formula is C14H23NOS. The second-order valence-electron chi connectivity index (χ2n) is 5.40. The zero-order valence-corrected chi connectivity index (χ0v) is 11.8. The normalized spacial score (nSPS) is 31.4. The number of hydrogen-bond acceptors (Lipinski definition) is 3. The maximum Gasteiger partial charge on any atom is 0.0880 e. The molecule has 1 fully saturated rings. The number of rotatable bonds is 3.